The van der Waals surface area contributed by atoms with Gasteiger partial charge in [0.05, 0.1) is 25.5 Å². The van der Waals surface area contributed by atoms with E-state index in [9.17, 15) is 0 Å². The van der Waals surface area contributed by atoms with Gasteiger partial charge in [-0.05, 0) is 19.8 Å². The molecule has 0 aromatic carbocycles. The van der Waals surface area contributed by atoms with E-state index in [4.69, 9.17) is 9.73 Å². The minimum absolute atomic E-state index is 0.231. The molecule has 2 aromatic heterocycles. The van der Waals surface area contributed by atoms with Crippen molar-refractivity contribution in [1.82, 2.24) is 24.9 Å². The van der Waals surface area contributed by atoms with E-state index in [1.165, 1.54) is 32.1 Å². The second kappa shape index (κ2) is 9.24. The van der Waals surface area contributed by atoms with Gasteiger partial charge in [-0.2, -0.15) is 0 Å². The molecular weight excluding hydrogens is 372 g/mol. The summed E-state index contributed by atoms with van der Waals surface area (Å²) < 4.78 is 7.66. The van der Waals surface area contributed by atoms with Crippen LogP contribution in [-0.4, -0.2) is 65.2 Å². The summed E-state index contributed by atoms with van der Waals surface area (Å²) in [6.07, 6.45) is 10.6. The average molecular weight is 405 g/mol. The van der Waals surface area contributed by atoms with E-state index >= 15 is 0 Å². The molecule has 4 rings (SSSR count). The minimum Gasteiger partial charge on any atom is -0.379 e. The third-order valence-corrected chi connectivity index (χ3v) is 6.71. The van der Waals surface area contributed by atoms with E-state index in [2.05, 4.69) is 43.4 Å². The van der Waals surface area contributed by atoms with Crippen LogP contribution in [0.3, 0.4) is 0 Å². The number of nitrogens with one attached hydrogen (secondary N) is 2. The van der Waals surface area contributed by atoms with Crippen molar-refractivity contribution >= 4 is 22.3 Å². The van der Waals surface area contributed by atoms with Crippen LogP contribution in [0, 0.1) is 0 Å². The van der Waals surface area contributed by atoms with Gasteiger partial charge in [-0.1, -0.05) is 19.3 Å². The SMILES string of the molecule is CCNC(=NCc1cn2ccsc2n1)NCC1(N2CCOCC2)CCCCC1. The Morgan fingerprint density at radius 2 is 2.07 bits per heavy atom. The zero-order valence-electron chi connectivity index (χ0n) is 16.8. The lowest BCUT2D eigenvalue weighted by atomic mass is 9.80. The van der Waals surface area contributed by atoms with Gasteiger partial charge in [-0.15, -0.1) is 11.3 Å². The van der Waals surface area contributed by atoms with E-state index < -0.39 is 0 Å². The highest BCUT2D eigenvalue weighted by atomic mass is 32.1. The molecular formula is C20H32N6OS. The van der Waals surface area contributed by atoms with Crippen LogP contribution < -0.4 is 10.6 Å². The highest BCUT2D eigenvalue weighted by Crippen LogP contribution is 2.33. The van der Waals surface area contributed by atoms with Crippen molar-refractivity contribution in [3.63, 3.8) is 0 Å². The summed E-state index contributed by atoms with van der Waals surface area (Å²) >= 11 is 1.65. The molecule has 1 aliphatic heterocycles. The largest absolute Gasteiger partial charge is 0.379 e. The van der Waals surface area contributed by atoms with Crippen LogP contribution in [0.25, 0.3) is 4.96 Å². The minimum atomic E-state index is 0.231. The van der Waals surface area contributed by atoms with Crippen molar-refractivity contribution in [3.05, 3.63) is 23.5 Å². The molecule has 2 aromatic rings. The van der Waals surface area contributed by atoms with Gasteiger partial charge in [0.15, 0.2) is 10.9 Å². The Morgan fingerprint density at radius 1 is 1.25 bits per heavy atom. The topological polar surface area (TPSA) is 66.2 Å². The smallest absolute Gasteiger partial charge is 0.193 e. The predicted molar refractivity (Wildman–Crippen MR) is 114 cm³/mol. The number of guanidine groups is 1. The van der Waals surface area contributed by atoms with Crippen LogP contribution in [0.5, 0.6) is 0 Å². The second-order valence-electron chi connectivity index (χ2n) is 7.76. The Labute approximate surface area is 171 Å². The molecule has 0 amide bonds. The van der Waals surface area contributed by atoms with Crippen LogP contribution >= 0.6 is 11.3 Å². The molecule has 0 unspecified atom stereocenters. The van der Waals surface area contributed by atoms with Gasteiger partial charge in [-0.3, -0.25) is 9.30 Å². The molecule has 0 bridgehead atoms. The first-order valence-electron chi connectivity index (χ1n) is 10.6. The number of rotatable bonds is 6. The van der Waals surface area contributed by atoms with Gasteiger partial charge in [0.1, 0.15) is 0 Å². The molecule has 1 aliphatic carbocycles. The van der Waals surface area contributed by atoms with E-state index in [-0.39, 0.29) is 5.54 Å². The average Bonchev–Trinajstić information content (AvgIpc) is 3.33. The van der Waals surface area contributed by atoms with Gasteiger partial charge in [0, 0.05) is 49.5 Å². The fraction of sp³-hybridized carbons (Fsp3) is 0.700. The molecule has 8 heteroatoms. The molecule has 3 heterocycles. The Hall–Kier alpha value is -1.64. The van der Waals surface area contributed by atoms with Crippen molar-refractivity contribution in [1.29, 1.82) is 0 Å². The maximum Gasteiger partial charge on any atom is 0.193 e. The van der Waals surface area contributed by atoms with E-state index in [1.54, 1.807) is 11.3 Å². The van der Waals surface area contributed by atoms with Crippen molar-refractivity contribution in [3.8, 4) is 0 Å². The number of ether oxygens (including phenoxy) is 1. The molecule has 2 fully saturated rings. The lowest BCUT2D eigenvalue weighted by Gasteiger charge is -2.48. The highest BCUT2D eigenvalue weighted by molar-refractivity contribution is 7.15. The van der Waals surface area contributed by atoms with Crippen LogP contribution in [-0.2, 0) is 11.3 Å². The Kier molecular flexibility index (Phi) is 6.49. The number of hydrogen-bond acceptors (Lipinski definition) is 5. The molecule has 0 spiro atoms. The summed E-state index contributed by atoms with van der Waals surface area (Å²) in [7, 11) is 0. The number of aromatic nitrogens is 2. The van der Waals surface area contributed by atoms with Gasteiger partial charge >= 0.3 is 0 Å². The monoisotopic (exact) mass is 404 g/mol. The van der Waals surface area contributed by atoms with Gasteiger partial charge in [0.25, 0.3) is 0 Å². The zero-order chi connectivity index (χ0) is 19.2. The summed E-state index contributed by atoms with van der Waals surface area (Å²) in [4.78, 5) is 13.1. The molecule has 7 nitrogen and oxygen atoms in total. The van der Waals surface area contributed by atoms with Crippen molar-refractivity contribution in [2.24, 2.45) is 4.99 Å². The lowest BCUT2D eigenvalue weighted by molar-refractivity contribution is -0.0352. The summed E-state index contributed by atoms with van der Waals surface area (Å²) in [6, 6.07) is 0. The molecule has 1 saturated heterocycles. The van der Waals surface area contributed by atoms with Gasteiger partial charge in [-0.25, -0.2) is 9.98 Å². The van der Waals surface area contributed by atoms with Gasteiger partial charge < -0.3 is 15.4 Å². The maximum atomic E-state index is 5.60. The van der Waals surface area contributed by atoms with Crippen LogP contribution in [0.4, 0.5) is 0 Å². The van der Waals surface area contributed by atoms with Crippen LogP contribution in [0.15, 0.2) is 22.8 Å². The van der Waals surface area contributed by atoms with Crippen LogP contribution in [0.2, 0.25) is 0 Å². The van der Waals surface area contributed by atoms with E-state index in [0.29, 0.717) is 6.54 Å². The molecule has 0 radical (unpaired) electrons. The third-order valence-electron chi connectivity index (χ3n) is 5.94. The number of thiazole rings is 1. The highest BCUT2D eigenvalue weighted by Gasteiger charge is 2.38. The molecule has 2 N–H and O–H groups in total. The van der Waals surface area contributed by atoms with Crippen molar-refractivity contribution in [2.45, 2.75) is 51.1 Å². The van der Waals surface area contributed by atoms with E-state index in [0.717, 1.165) is 56.0 Å². The zero-order valence-corrected chi connectivity index (χ0v) is 17.6. The summed E-state index contributed by atoms with van der Waals surface area (Å²) in [5.74, 6) is 0.886. The molecule has 2 aliphatic rings. The maximum absolute atomic E-state index is 5.60. The number of imidazole rings is 1. The van der Waals surface area contributed by atoms with Crippen molar-refractivity contribution < 1.29 is 4.74 Å². The first-order chi connectivity index (χ1) is 13.8. The fourth-order valence-electron chi connectivity index (χ4n) is 4.45. The normalized spacial score (nSPS) is 21.1. The number of morpholine rings is 1. The Balaban J connectivity index is 1.42. The Morgan fingerprint density at radius 3 is 2.82 bits per heavy atom. The predicted octanol–water partition coefficient (Wildman–Crippen LogP) is 2.49. The molecule has 1 saturated carbocycles. The second-order valence-corrected chi connectivity index (χ2v) is 8.63. The van der Waals surface area contributed by atoms with E-state index in [1.807, 2.05) is 6.20 Å². The first kappa shape index (κ1) is 19.7. The number of nitrogens with zero attached hydrogens (tertiary/aromatic N) is 4. The summed E-state index contributed by atoms with van der Waals surface area (Å²) in [5.41, 5.74) is 1.24. The quantitative estimate of drug-likeness (QED) is 0.572. The molecule has 154 valence electrons. The Bertz CT molecular complexity index is 744. The standard InChI is InChI=1S/C20H32N6OS/c1-2-21-18(22-14-17-15-25-10-13-28-19(25)24-17)23-16-20(6-4-3-5-7-20)26-8-11-27-12-9-26/h10,13,15H,2-9,11-12,14,16H2,1H3,(H2,21,22,23). The first-order valence-corrected chi connectivity index (χ1v) is 11.4. The van der Waals surface area contributed by atoms with Gasteiger partial charge in [0.2, 0.25) is 0 Å². The number of hydrogen-bond donors (Lipinski definition) is 2. The van der Waals surface area contributed by atoms with Crippen molar-refractivity contribution in [2.75, 3.05) is 39.4 Å². The number of fused-ring (bicyclic) bond motifs is 1. The fourth-order valence-corrected chi connectivity index (χ4v) is 5.17. The molecule has 28 heavy (non-hydrogen) atoms. The molecule has 0 atom stereocenters. The summed E-state index contributed by atoms with van der Waals surface area (Å²) in [5, 5.41) is 9.11. The number of aliphatic imine (C=N–C) groups is 1. The summed E-state index contributed by atoms with van der Waals surface area (Å²) in [6.45, 7) is 8.30. The van der Waals surface area contributed by atoms with Crippen LogP contribution in [0.1, 0.15) is 44.7 Å². The lowest BCUT2D eigenvalue weighted by Crippen LogP contribution is -2.60. The third kappa shape index (κ3) is 4.50.